The van der Waals surface area contributed by atoms with Crippen LogP contribution in [0.2, 0.25) is 0 Å². The zero-order valence-electron chi connectivity index (χ0n) is 17.2. The highest BCUT2D eigenvalue weighted by molar-refractivity contribution is 8.00. The number of ether oxygens (including phenoxy) is 1. The number of thiophene rings is 1. The predicted octanol–water partition coefficient (Wildman–Crippen LogP) is 5.21. The summed E-state index contributed by atoms with van der Waals surface area (Å²) in [4.78, 5) is 22.2. The van der Waals surface area contributed by atoms with Crippen LogP contribution in [0, 0.1) is 0 Å². The molecule has 4 aromatic rings. The van der Waals surface area contributed by atoms with E-state index in [0.717, 1.165) is 38.5 Å². The number of amides is 1. The number of rotatable bonds is 9. The number of hydrogen-bond donors (Lipinski definition) is 1. The Morgan fingerprint density at radius 2 is 1.90 bits per heavy atom. The summed E-state index contributed by atoms with van der Waals surface area (Å²) in [6.45, 7) is 3.24. The van der Waals surface area contributed by atoms with Gasteiger partial charge in [0.1, 0.15) is 21.9 Å². The Bertz CT molecular complexity index is 1140. The third-order valence-corrected chi connectivity index (χ3v) is 6.61. The summed E-state index contributed by atoms with van der Waals surface area (Å²) in [6.07, 6.45) is 2.39. The summed E-state index contributed by atoms with van der Waals surface area (Å²) in [5.74, 6) is 1.17. The molecule has 0 fully saturated rings. The van der Waals surface area contributed by atoms with Crippen molar-refractivity contribution in [1.82, 2.24) is 15.3 Å². The van der Waals surface area contributed by atoms with E-state index in [1.54, 1.807) is 17.7 Å². The van der Waals surface area contributed by atoms with Crippen LogP contribution >= 0.6 is 23.1 Å². The SMILES string of the molecule is CCOc1ccc(-c2csc3ncnc(SCC(=O)NCCc4ccccc4)c23)cc1. The first-order valence-electron chi connectivity index (χ1n) is 10.1. The predicted molar refractivity (Wildman–Crippen MR) is 128 cm³/mol. The highest BCUT2D eigenvalue weighted by Gasteiger charge is 2.15. The molecule has 0 unspecified atom stereocenters. The van der Waals surface area contributed by atoms with Gasteiger partial charge in [-0.05, 0) is 36.6 Å². The third-order valence-electron chi connectivity index (χ3n) is 4.73. The van der Waals surface area contributed by atoms with Crippen LogP contribution in [-0.4, -0.2) is 34.8 Å². The van der Waals surface area contributed by atoms with E-state index in [0.29, 0.717) is 18.9 Å². The van der Waals surface area contributed by atoms with E-state index < -0.39 is 0 Å². The van der Waals surface area contributed by atoms with E-state index in [4.69, 9.17) is 4.74 Å². The van der Waals surface area contributed by atoms with Gasteiger partial charge in [0.25, 0.3) is 0 Å². The van der Waals surface area contributed by atoms with Crippen molar-refractivity contribution in [2.45, 2.75) is 18.4 Å². The Kier molecular flexibility index (Phi) is 7.17. The minimum atomic E-state index is 0.00513. The number of aromatic nitrogens is 2. The van der Waals surface area contributed by atoms with Crippen LogP contribution in [0.3, 0.4) is 0 Å². The van der Waals surface area contributed by atoms with Crippen LogP contribution in [0.5, 0.6) is 5.75 Å². The molecule has 0 radical (unpaired) electrons. The normalized spacial score (nSPS) is 10.9. The van der Waals surface area contributed by atoms with E-state index in [-0.39, 0.29) is 5.91 Å². The number of hydrogen-bond acceptors (Lipinski definition) is 6. The summed E-state index contributed by atoms with van der Waals surface area (Å²) in [5.41, 5.74) is 3.38. The van der Waals surface area contributed by atoms with Gasteiger partial charge in [-0.15, -0.1) is 11.3 Å². The summed E-state index contributed by atoms with van der Waals surface area (Å²) < 4.78 is 5.54. The monoisotopic (exact) mass is 449 g/mol. The highest BCUT2D eigenvalue weighted by Crippen LogP contribution is 2.38. The molecular formula is C24H23N3O2S2. The van der Waals surface area contributed by atoms with Crippen LogP contribution in [0.25, 0.3) is 21.3 Å². The maximum atomic E-state index is 12.3. The number of fused-ring (bicyclic) bond motifs is 1. The number of thioether (sulfide) groups is 1. The molecule has 31 heavy (non-hydrogen) atoms. The molecule has 0 aliphatic rings. The van der Waals surface area contributed by atoms with Crippen molar-refractivity contribution in [3.63, 3.8) is 0 Å². The van der Waals surface area contributed by atoms with E-state index in [1.807, 2.05) is 49.4 Å². The van der Waals surface area contributed by atoms with Gasteiger partial charge in [0.2, 0.25) is 5.91 Å². The molecule has 5 nitrogen and oxygen atoms in total. The molecule has 158 valence electrons. The molecule has 1 N–H and O–H groups in total. The first-order chi connectivity index (χ1) is 15.2. The Balaban J connectivity index is 1.43. The fourth-order valence-electron chi connectivity index (χ4n) is 3.24. The lowest BCUT2D eigenvalue weighted by molar-refractivity contribution is -0.118. The quantitative estimate of drug-likeness (QED) is 0.281. The zero-order chi connectivity index (χ0) is 21.5. The van der Waals surface area contributed by atoms with E-state index >= 15 is 0 Å². The minimum absolute atomic E-state index is 0.00513. The van der Waals surface area contributed by atoms with Gasteiger partial charge in [-0.1, -0.05) is 54.2 Å². The van der Waals surface area contributed by atoms with Crippen LogP contribution < -0.4 is 10.1 Å². The van der Waals surface area contributed by atoms with Gasteiger partial charge in [0.15, 0.2) is 0 Å². The smallest absolute Gasteiger partial charge is 0.230 e. The molecule has 0 spiro atoms. The molecule has 0 bridgehead atoms. The van der Waals surface area contributed by atoms with E-state index in [1.165, 1.54) is 17.3 Å². The van der Waals surface area contributed by atoms with Gasteiger partial charge >= 0.3 is 0 Å². The van der Waals surface area contributed by atoms with Gasteiger partial charge in [-0.3, -0.25) is 4.79 Å². The average Bonchev–Trinajstić information content (AvgIpc) is 3.24. The summed E-state index contributed by atoms with van der Waals surface area (Å²) >= 11 is 3.03. The Hall–Kier alpha value is -2.90. The number of nitrogens with zero attached hydrogens (tertiary/aromatic N) is 2. The van der Waals surface area contributed by atoms with Crippen molar-refractivity contribution >= 4 is 39.2 Å². The molecule has 1 amide bonds. The first-order valence-corrected chi connectivity index (χ1v) is 12.0. The maximum Gasteiger partial charge on any atom is 0.230 e. The van der Waals surface area contributed by atoms with Gasteiger partial charge in [0.05, 0.1) is 17.7 Å². The van der Waals surface area contributed by atoms with Gasteiger partial charge in [-0.2, -0.15) is 0 Å². The fourth-order valence-corrected chi connectivity index (χ4v) is 5.07. The molecule has 2 aromatic heterocycles. The van der Waals surface area contributed by atoms with Crippen LogP contribution in [0.4, 0.5) is 0 Å². The van der Waals surface area contributed by atoms with Crippen molar-refractivity contribution in [3.8, 4) is 16.9 Å². The second kappa shape index (κ2) is 10.4. The van der Waals surface area contributed by atoms with E-state index in [9.17, 15) is 4.79 Å². The van der Waals surface area contributed by atoms with Gasteiger partial charge < -0.3 is 10.1 Å². The summed E-state index contributed by atoms with van der Waals surface area (Å²) in [5, 5.41) is 6.92. The van der Waals surface area contributed by atoms with Crippen molar-refractivity contribution in [3.05, 3.63) is 71.9 Å². The molecule has 0 aliphatic heterocycles. The highest BCUT2D eigenvalue weighted by atomic mass is 32.2. The Morgan fingerprint density at radius 1 is 1.10 bits per heavy atom. The van der Waals surface area contributed by atoms with Crippen molar-refractivity contribution in [2.24, 2.45) is 0 Å². The zero-order valence-corrected chi connectivity index (χ0v) is 18.8. The Labute approximate surface area is 189 Å². The lowest BCUT2D eigenvalue weighted by atomic mass is 10.1. The lowest BCUT2D eigenvalue weighted by Gasteiger charge is -2.08. The number of carbonyl (C=O) groups is 1. The van der Waals surface area contributed by atoms with E-state index in [2.05, 4.69) is 32.8 Å². The summed E-state index contributed by atoms with van der Waals surface area (Å²) in [7, 11) is 0. The number of carbonyl (C=O) groups excluding carboxylic acids is 1. The van der Waals surface area contributed by atoms with Crippen LogP contribution in [-0.2, 0) is 11.2 Å². The fraction of sp³-hybridized carbons (Fsp3) is 0.208. The molecule has 2 heterocycles. The molecular weight excluding hydrogens is 426 g/mol. The second-order valence-electron chi connectivity index (χ2n) is 6.84. The topological polar surface area (TPSA) is 64.1 Å². The summed E-state index contributed by atoms with van der Waals surface area (Å²) in [6, 6.07) is 18.2. The maximum absolute atomic E-state index is 12.3. The minimum Gasteiger partial charge on any atom is -0.494 e. The Morgan fingerprint density at radius 3 is 2.68 bits per heavy atom. The van der Waals surface area contributed by atoms with Crippen molar-refractivity contribution < 1.29 is 9.53 Å². The molecule has 0 aliphatic carbocycles. The first kappa shape index (κ1) is 21.3. The standard InChI is InChI=1S/C24H23N3O2S2/c1-2-29-19-10-8-18(9-11-19)20-14-30-23-22(20)24(27-16-26-23)31-15-21(28)25-13-12-17-6-4-3-5-7-17/h3-11,14,16H,2,12-13,15H2,1H3,(H,25,28). The lowest BCUT2D eigenvalue weighted by Crippen LogP contribution is -2.27. The van der Waals surface area contributed by atoms with Crippen LogP contribution in [0.1, 0.15) is 12.5 Å². The second-order valence-corrected chi connectivity index (χ2v) is 8.66. The third kappa shape index (κ3) is 5.42. The van der Waals surface area contributed by atoms with Gasteiger partial charge in [-0.25, -0.2) is 9.97 Å². The largest absolute Gasteiger partial charge is 0.494 e. The van der Waals surface area contributed by atoms with Crippen LogP contribution in [0.15, 0.2) is 71.3 Å². The average molecular weight is 450 g/mol. The molecule has 0 saturated carbocycles. The molecule has 2 aromatic carbocycles. The van der Waals surface area contributed by atoms with Crippen molar-refractivity contribution in [2.75, 3.05) is 18.9 Å². The van der Waals surface area contributed by atoms with Crippen molar-refractivity contribution in [1.29, 1.82) is 0 Å². The molecule has 7 heteroatoms. The molecule has 0 saturated heterocycles. The molecule has 4 rings (SSSR count). The number of nitrogens with one attached hydrogen (secondary N) is 1. The molecule has 0 atom stereocenters. The van der Waals surface area contributed by atoms with Gasteiger partial charge in [0, 0.05) is 17.5 Å². The number of benzene rings is 2.